The summed E-state index contributed by atoms with van der Waals surface area (Å²) in [5.74, 6) is 1.39. The van der Waals surface area contributed by atoms with Crippen LogP contribution in [0.4, 0.5) is 0 Å². The minimum atomic E-state index is 0.192. The summed E-state index contributed by atoms with van der Waals surface area (Å²) in [4.78, 5) is 19.8. The Morgan fingerprint density at radius 2 is 2.10 bits per heavy atom. The zero-order valence-corrected chi connectivity index (χ0v) is 12.2. The molecule has 0 radical (unpaired) electrons. The van der Waals surface area contributed by atoms with Crippen LogP contribution in [0.15, 0.2) is 24.3 Å². The average Bonchev–Trinajstić information content (AvgIpc) is 2.95. The molecule has 5 heteroatoms. The molecule has 21 heavy (non-hydrogen) atoms. The molecule has 1 aromatic carbocycles. The van der Waals surface area contributed by atoms with Gasteiger partial charge >= 0.3 is 0 Å². The van der Waals surface area contributed by atoms with Crippen molar-refractivity contribution in [3.05, 3.63) is 30.1 Å². The maximum Gasteiger partial charge on any atom is 0.223 e. The number of para-hydroxylation sites is 2. The van der Waals surface area contributed by atoms with Gasteiger partial charge in [-0.15, -0.1) is 0 Å². The van der Waals surface area contributed by atoms with Gasteiger partial charge in [0.1, 0.15) is 5.82 Å². The number of piperidine rings is 1. The van der Waals surface area contributed by atoms with Crippen molar-refractivity contribution in [2.75, 3.05) is 19.6 Å². The number of imidazole rings is 1. The summed E-state index contributed by atoms with van der Waals surface area (Å²) in [6.07, 6.45) is 3.68. The Morgan fingerprint density at radius 3 is 2.90 bits per heavy atom. The van der Waals surface area contributed by atoms with Crippen molar-refractivity contribution >= 4 is 16.9 Å². The van der Waals surface area contributed by atoms with E-state index in [1.165, 1.54) is 0 Å². The highest BCUT2D eigenvalue weighted by Gasteiger charge is 2.20. The normalized spacial score (nSPS) is 16.2. The van der Waals surface area contributed by atoms with Gasteiger partial charge in [0, 0.05) is 18.9 Å². The molecule has 3 rings (SSSR count). The number of H-pyrrole nitrogens is 1. The van der Waals surface area contributed by atoms with E-state index in [2.05, 4.69) is 20.6 Å². The molecule has 1 aromatic heterocycles. The standard InChI is InChI=1S/C16H22N4O/c21-16(12-7-10-17-11-8-12)18-9-3-6-15-19-13-4-1-2-5-14(13)20-15/h1-2,4-5,12,17H,3,6-11H2,(H,18,21)(H,19,20). The number of carbonyl (C=O) groups is 1. The third kappa shape index (κ3) is 3.61. The van der Waals surface area contributed by atoms with Crippen LogP contribution in [0.1, 0.15) is 25.1 Å². The van der Waals surface area contributed by atoms with E-state index in [9.17, 15) is 4.79 Å². The van der Waals surface area contributed by atoms with Crippen LogP contribution in [0, 0.1) is 5.92 Å². The van der Waals surface area contributed by atoms with Crippen LogP contribution in [0.25, 0.3) is 11.0 Å². The molecule has 0 spiro atoms. The van der Waals surface area contributed by atoms with Gasteiger partial charge in [0.05, 0.1) is 11.0 Å². The highest BCUT2D eigenvalue weighted by molar-refractivity contribution is 5.78. The third-order valence-corrected chi connectivity index (χ3v) is 4.04. The summed E-state index contributed by atoms with van der Waals surface area (Å²) in [5.41, 5.74) is 2.08. The molecule has 1 amide bonds. The van der Waals surface area contributed by atoms with Crippen LogP contribution in [-0.4, -0.2) is 35.5 Å². The summed E-state index contributed by atoms with van der Waals surface area (Å²) in [5, 5.41) is 6.33. The number of rotatable bonds is 5. The molecule has 2 aromatic rings. The summed E-state index contributed by atoms with van der Waals surface area (Å²) >= 11 is 0. The monoisotopic (exact) mass is 286 g/mol. The van der Waals surface area contributed by atoms with E-state index in [1.807, 2.05) is 24.3 Å². The van der Waals surface area contributed by atoms with Crippen LogP contribution in [-0.2, 0) is 11.2 Å². The van der Waals surface area contributed by atoms with Crippen molar-refractivity contribution in [2.45, 2.75) is 25.7 Å². The number of aryl methyl sites for hydroxylation is 1. The molecule has 2 heterocycles. The summed E-state index contributed by atoms with van der Waals surface area (Å²) < 4.78 is 0. The lowest BCUT2D eigenvalue weighted by Gasteiger charge is -2.21. The average molecular weight is 286 g/mol. The predicted octanol–water partition coefficient (Wildman–Crippen LogP) is 1.61. The molecule has 3 N–H and O–H groups in total. The summed E-state index contributed by atoms with van der Waals surface area (Å²) in [7, 11) is 0. The van der Waals surface area contributed by atoms with Crippen LogP contribution in [0.5, 0.6) is 0 Å². The van der Waals surface area contributed by atoms with Gasteiger partial charge < -0.3 is 15.6 Å². The molecular formula is C16H22N4O. The van der Waals surface area contributed by atoms with Crippen molar-refractivity contribution in [2.24, 2.45) is 5.92 Å². The molecule has 1 aliphatic heterocycles. The first-order valence-electron chi connectivity index (χ1n) is 7.75. The smallest absolute Gasteiger partial charge is 0.223 e. The molecule has 0 unspecified atom stereocenters. The Balaban J connectivity index is 1.42. The largest absolute Gasteiger partial charge is 0.356 e. The lowest BCUT2D eigenvalue weighted by atomic mass is 9.97. The molecule has 0 atom stereocenters. The van der Waals surface area contributed by atoms with Crippen LogP contribution >= 0.6 is 0 Å². The number of carbonyl (C=O) groups excluding carboxylic acids is 1. The number of hydrogen-bond donors (Lipinski definition) is 3. The Bertz CT molecular complexity index is 568. The fourth-order valence-corrected chi connectivity index (χ4v) is 2.82. The number of aromatic amines is 1. The molecule has 1 aliphatic rings. The van der Waals surface area contributed by atoms with Crippen molar-refractivity contribution < 1.29 is 4.79 Å². The van der Waals surface area contributed by atoms with Gasteiger partial charge in [0.15, 0.2) is 0 Å². The van der Waals surface area contributed by atoms with Crippen molar-refractivity contribution in [3.63, 3.8) is 0 Å². The first-order chi connectivity index (χ1) is 10.3. The number of hydrogen-bond acceptors (Lipinski definition) is 3. The fraction of sp³-hybridized carbons (Fsp3) is 0.500. The number of amides is 1. The van der Waals surface area contributed by atoms with Gasteiger partial charge in [-0.25, -0.2) is 4.98 Å². The van der Waals surface area contributed by atoms with Crippen molar-refractivity contribution in [3.8, 4) is 0 Å². The van der Waals surface area contributed by atoms with Crippen molar-refractivity contribution in [1.82, 2.24) is 20.6 Å². The number of nitrogens with zero attached hydrogens (tertiary/aromatic N) is 1. The Kier molecular flexibility index (Phi) is 4.50. The quantitative estimate of drug-likeness (QED) is 0.731. The van der Waals surface area contributed by atoms with Gasteiger partial charge in [-0.3, -0.25) is 4.79 Å². The second-order valence-electron chi connectivity index (χ2n) is 5.62. The van der Waals surface area contributed by atoms with E-state index < -0.39 is 0 Å². The van der Waals surface area contributed by atoms with E-state index in [0.29, 0.717) is 0 Å². The van der Waals surface area contributed by atoms with E-state index in [1.54, 1.807) is 0 Å². The zero-order chi connectivity index (χ0) is 14.5. The van der Waals surface area contributed by atoms with Gasteiger partial charge in [-0.05, 0) is 44.5 Å². The van der Waals surface area contributed by atoms with E-state index in [-0.39, 0.29) is 11.8 Å². The van der Waals surface area contributed by atoms with Gasteiger partial charge in [-0.1, -0.05) is 12.1 Å². The maximum absolute atomic E-state index is 12.0. The molecule has 5 nitrogen and oxygen atoms in total. The molecule has 112 valence electrons. The van der Waals surface area contributed by atoms with E-state index in [0.717, 1.165) is 62.2 Å². The maximum atomic E-state index is 12.0. The van der Waals surface area contributed by atoms with Gasteiger partial charge in [0.25, 0.3) is 0 Å². The van der Waals surface area contributed by atoms with Gasteiger partial charge in [-0.2, -0.15) is 0 Å². The topological polar surface area (TPSA) is 69.8 Å². The number of benzene rings is 1. The summed E-state index contributed by atoms with van der Waals surface area (Å²) in [6, 6.07) is 8.04. The molecule has 1 saturated heterocycles. The molecule has 0 saturated carbocycles. The Hall–Kier alpha value is -1.88. The second kappa shape index (κ2) is 6.72. The number of nitrogens with one attached hydrogen (secondary N) is 3. The van der Waals surface area contributed by atoms with Crippen molar-refractivity contribution in [1.29, 1.82) is 0 Å². The summed E-state index contributed by atoms with van der Waals surface area (Å²) in [6.45, 7) is 2.63. The lowest BCUT2D eigenvalue weighted by Crippen LogP contribution is -2.38. The third-order valence-electron chi connectivity index (χ3n) is 4.04. The SMILES string of the molecule is O=C(NCCCc1nc2ccccc2[nH]1)C1CCNCC1. The highest BCUT2D eigenvalue weighted by Crippen LogP contribution is 2.12. The molecule has 1 fully saturated rings. The highest BCUT2D eigenvalue weighted by atomic mass is 16.1. The minimum absolute atomic E-state index is 0.192. The van der Waals surface area contributed by atoms with Crippen LogP contribution in [0.3, 0.4) is 0 Å². The van der Waals surface area contributed by atoms with E-state index >= 15 is 0 Å². The van der Waals surface area contributed by atoms with Crippen LogP contribution in [0.2, 0.25) is 0 Å². The molecule has 0 aliphatic carbocycles. The molecular weight excluding hydrogens is 264 g/mol. The molecule has 0 bridgehead atoms. The number of fused-ring (bicyclic) bond motifs is 1. The predicted molar refractivity (Wildman–Crippen MR) is 83.0 cm³/mol. The van der Waals surface area contributed by atoms with Gasteiger partial charge in [0.2, 0.25) is 5.91 Å². The van der Waals surface area contributed by atoms with Crippen LogP contribution < -0.4 is 10.6 Å². The number of aromatic nitrogens is 2. The first-order valence-corrected chi connectivity index (χ1v) is 7.75. The lowest BCUT2D eigenvalue weighted by molar-refractivity contribution is -0.125. The zero-order valence-electron chi connectivity index (χ0n) is 12.2. The van der Waals surface area contributed by atoms with E-state index in [4.69, 9.17) is 0 Å². The Labute approximate surface area is 124 Å². The first kappa shape index (κ1) is 14.1. The Morgan fingerprint density at radius 1 is 1.29 bits per heavy atom. The minimum Gasteiger partial charge on any atom is -0.356 e. The second-order valence-corrected chi connectivity index (χ2v) is 5.62. The fourth-order valence-electron chi connectivity index (χ4n) is 2.82.